The summed E-state index contributed by atoms with van der Waals surface area (Å²) < 4.78 is 4.33. The normalized spacial score (nSPS) is 26.1. The summed E-state index contributed by atoms with van der Waals surface area (Å²) >= 11 is 0. The standard InChI is InChI=1S/C5H6O4/c6-3-1-4(7)5(8)9-2-3/h1-2,5-8H. The van der Waals surface area contributed by atoms with Gasteiger partial charge in [-0.2, -0.15) is 0 Å². The van der Waals surface area contributed by atoms with Crippen LogP contribution in [-0.2, 0) is 4.74 Å². The summed E-state index contributed by atoms with van der Waals surface area (Å²) in [6.45, 7) is 0. The number of aliphatic hydroxyl groups excluding tert-OH is 3. The first-order valence-corrected chi connectivity index (χ1v) is 2.33. The van der Waals surface area contributed by atoms with Crippen LogP contribution in [0.15, 0.2) is 23.9 Å². The van der Waals surface area contributed by atoms with Crippen molar-refractivity contribution >= 4 is 0 Å². The summed E-state index contributed by atoms with van der Waals surface area (Å²) in [5, 5.41) is 25.8. The molecule has 0 aromatic rings. The van der Waals surface area contributed by atoms with E-state index in [1.165, 1.54) is 0 Å². The Kier molecular flexibility index (Phi) is 1.32. The minimum atomic E-state index is -1.33. The number of hydrogen-bond acceptors (Lipinski definition) is 4. The van der Waals surface area contributed by atoms with Crippen LogP contribution in [0.2, 0.25) is 0 Å². The molecule has 0 fully saturated rings. The summed E-state index contributed by atoms with van der Waals surface area (Å²) in [5.74, 6) is -0.604. The second-order valence-corrected chi connectivity index (χ2v) is 1.60. The molecular formula is C5H6O4. The summed E-state index contributed by atoms with van der Waals surface area (Å²) in [6.07, 6.45) is 0.624. The fourth-order valence-corrected chi connectivity index (χ4v) is 0.461. The van der Waals surface area contributed by atoms with Crippen molar-refractivity contribution in [1.29, 1.82) is 0 Å². The van der Waals surface area contributed by atoms with Gasteiger partial charge in [-0.3, -0.25) is 0 Å². The highest BCUT2D eigenvalue weighted by atomic mass is 16.6. The second-order valence-electron chi connectivity index (χ2n) is 1.60. The minimum Gasteiger partial charge on any atom is -0.506 e. The molecule has 1 heterocycles. The molecule has 1 unspecified atom stereocenters. The van der Waals surface area contributed by atoms with Crippen LogP contribution in [0, 0.1) is 0 Å². The third-order valence-corrected chi connectivity index (χ3v) is 0.866. The number of allylic oxidation sites excluding steroid dienone is 1. The third kappa shape index (κ3) is 1.14. The molecule has 1 atom stereocenters. The van der Waals surface area contributed by atoms with Crippen LogP contribution in [0.5, 0.6) is 0 Å². The van der Waals surface area contributed by atoms with Gasteiger partial charge in [0.25, 0.3) is 6.29 Å². The Bertz CT molecular complexity index is 170. The zero-order chi connectivity index (χ0) is 6.85. The molecule has 0 saturated carbocycles. The summed E-state index contributed by atoms with van der Waals surface area (Å²) in [7, 11) is 0. The molecule has 1 aliphatic rings. The van der Waals surface area contributed by atoms with E-state index in [1.807, 2.05) is 0 Å². The third-order valence-electron chi connectivity index (χ3n) is 0.866. The first kappa shape index (κ1) is 5.97. The second kappa shape index (κ2) is 1.99. The fourth-order valence-electron chi connectivity index (χ4n) is 0.461. The maximum Gasteiger partial charge on any atom is 0.255 e. The Morgan fingerprint density at radius 1 is 1.44 bits per heavy atom. The van der Waals surface area contributed by atoms with E-state index in [1.54, 1.807) is 0 Å². The van der Waals surface area contributed by atoms with E-state index < -0.39 is 12.0 Å². The van der Waals surface area contributed by atoms with Crippen molar-refractivity contribution in [3.63, 3.8) is 0 Å². The minimum absolute atomic E-state index is 0.210. The lowest BCUT2D eigenvalue weighted by molar-refractivity contribution is -0.0550. The van der Waals surface area contributed by atoms with Gasteiger partial charge in [0.2, 0.25) is 0 Å². The van der Waals surface area contributed by atoms with Gasteiger partial charge in [-0.25, -0.2) is 0 Å². The number of aliphatic hydroxyl groups is 3. The summed E-state index contributed by atoms with van der Waals surface area (Å²) in [6, 6.07) is 0. The van der Waals surface area contributed by atoms with Crippen molar-refractivity contribution in [2.45, 2.75) is 6.29 Å². The van der Waals surface area contributed by atoms with E-state index in [9.17, 15) is 0 Å². The Hall–Kier alpha value is -1.16. The predicted octanol–water partition coefficient (Wildman–Crippen LogP) is 0.176. The molecule has 0 amide bonds. The topological polar surface area (TPSA) is 69.9 Å². The molecule has 0 spiro atoms. The smallest absolute Gasteiger partial charge is 0.255 e. The molecule has 3 N–H and O–H groups in total. The molecule has 9 heavy (non-hydrogen) atoms. The van der Waals surface area contributed by atoms with E-state index in [-0.39, 0.29) is 5.76 Å². The molecule has 0 radical (unpaired) electrons. The lowest BCUT2D eigenvalue weighted by Gasteiger charge is -2.12. The van der Waals surface area contributed by atoms with Gasteiger partial charge >= 0.3 is 0 Å². The van der Waals surface area contributed by atoms with E-state index in [0.29, 0.717) is 0 Å². The van der Waals surface area contributed by atoms with E-state index in [4.69, 9.17) is 15.3 Å². The average molecular weight is 130 g/mol. The lowest BCUT2D eigenvalue weighted by atomic mass is 10.3. The first-order chi connectivity index (χ1) is 4.20. The summed E-state index contributed by atoms with van der Waals surface area (Å²) in [4.78, 5) is 0. The fraction of sp³-hybridized carbons (Fsp3) is 0.200. The molecule has 0 aromatic carbocycles. The van der Waals surface area contributed by atoms with Crippen LogP contribution in [0.1, 0.15) is 0 Å². The van der Waals surface area contributed by atoms with Crippen molar-refractivity contribution in [2.24, 2.45) is 0 Å². The highest BCUT2D eigenvalue weighted by molar-refractivity contribution is 5.15. The van der Waals surface area contributed by atoms with Crippen LogP contribution in [-0.4, -0.2) is 21.6 Å². The van der Waals surface area contributed by atoms with Gasteiger partial charge in [-0.1, -0.05) is 0 Å². The highest BCUT2D eigenvalue weighted by Gasteiger charge is 2.13. The Morgan fingerprint density at radius 3 is 2.56 bits per heavy atom. The Labute approximate surface area is 51.3 Å². The molecule has 0 saturated heterocycles. The van der Waals surface area contributed by atoms with E-state index in [2.05, 4.69) is 4.74 Å². The van der Waals surface area contributed by atoms with Crippen LogP contribution in [0.4, 0.5) is 0 Å². The van der Waals surface area contributed by atoms with Gasteiger partial charge in [-0.15, -0.1) is 0 Å². The SMILES string of the molecule is OC1=COC(O)C(O)=C1. The maximum absolute atomic E-state index is 8.63. The molecule has 1 aliphatic heterocycles. The van der Waals surface area contributed by atoms with Gasteiger partial charge in [0.05, 0.1) is 0 Å². The molecule has 4 heteroatoms. The average Bonchev–Trinajstić information content (AvgIpc) is 1.80. The predicted molar refractivity (Wildman–Crippen MR) is 28.5 cm³/mol. The molecule has 4 nitrogen and oxygen atoms in total. The van der Waals surface area contributed by atoms with Crippen LogP contribution < -0.4 is 0 Å². The van der Waals surface area contributed by atoms with Crippen LogP contribution in [0.3, 0.4) is 0 Å². The lowest BCUT2D eigenvalue weighted by Crippen LogP contribution is -2.15. The van der Waals surface area contributed by atoms with Gasteiger partial charge in [0, 0.05) is 6.08 Å². The molecule has 0 aliphatic carbocycles. The van der Waals surface area contributed by atoms with Crippen LogP contribution >= 0.6 is 0 Å². The van der Waals surface area contributed by atoms with Crippen molar-refractivity contribution in [3.05, 3.63) is 23.9 Å². The maximum atomic E-state index is 8.63. The van der Waals surface area contributed by atoms with Gasteiger partial charge in [-0.05, 0) is 0 Å². The zero-order valence-corrected chi connectivity index (χ0v) is 4.48. The molecule has 50 valence electrons. The Morgan fingerprint density at radius 2 is 2.11 bits per heavy atom. The molecule has 0 aromatic heterocycles. The first-order valence-electron chi connectivity index (χ1n) is 2.33. The van der Waals surface area contributed by atoms with E-state index >= 15 is 0 Å². The number of ether oxygens (including phenoxy) is 1. The molecule has 0 bridgehead atoms. The number of rotatable bonds is 0. The zero-order valence-electron chi connectivity index (χ0n) is 4.48. The molecular weight excluding hydrogens is 124 g/mol. The van der Waals surface area contributed by atoms with Crippen molar-refractivity contribution in [2.75, 3.05) is 0 Å². The summed E-state index contributed by atoms with van der Waals surface area (Å²) in [5.41, 5.74) is 0. The van der Waals surface area contributed by atoms with Crippen molar-refractivity contribution in [3.8, 4) is 0 Å². The number of hydrogen-bond donors (Lipinski definition) is 3. The highest BCUT2D eigenvalue weighted by Crippen LogP contribution is 2.10. The largest absolute Gasteiger partial charge is 0.506 e. The Balaban J connectivity index is 2.74. The van der Waals surface area contributed by atoms with Crippen molar-refractivity contribution < 1.29 is 20.1 Å². The van der Waals surface area contributed by atoms with Crippen molar-refractivity contribution in [1.82, 2.24) is 0 Å². The molecule has 1 rings (SSSR count). The quantitative estimate of drug-likeness (QED) is 0.437. The van der Waals surface area contributed by atoms with Gasteiger partial charge in [0.1, 0.15) is 6.26 Å². The van der Waals surface area contributed by atoms with E-state index in [0.717, 1.165) is 12.3 Å². The van der Waals surface area contributed by atoms with Gasteiger partial charge < -0.3 is 20.1 Å². The van der Waals surface area contributed by atoms with Crippen LogP contribution in [0.25, 0.3) is 0 Å². The monoisotopic (exact) mass is 130 g/mol. The van der Waals surface area contributed by atoms with Gasteiger partial charge in [0.15, 0.2) is 11.5 Å².